The van der Waals surface area contributed by atoms with Crippen LogP contribution in [0.4, 0.5) is 5.69 Å². The number of nitrogens with one attached hydrogen (secondary N) is 1. The van der Waals surface area contributed by atoms with Gasteiger partial charge in [-0.1, -0.05) is 18.5 Å². The summed E-state index contributed by atoms with van der Waals surface area (Å²) in [6.07, 6.45) is 4.91. The van der Waals surface area contributed by atoms with E-state index in [2.05, 4.69) is 17.2 Å². The van der Waals surface area contributed by atoms with Crippen molar-refractivity contribution in [3.05, 3.63) is 23.0 Å². The van der Waals surface area contributed by atoms with Crippen LogP contribution in [0.3, 0.4) is 0 Å². The first-order chi connectivity index (χ1) is 8.06. The van der Waals surface area contributed by atoms with Crippen LogP contribution < -0.4 is 11.1 Å². The first-order valence-corrected chi connectivity index (χ1v) is 6.13. The predicted molar refractivity (Wildman–Crippen MR) is 68.0 cm³/mol. The SMILES string of the molecule is CCC1(CNC(=O)c2cc(N)cnc2Cl)CC1. The van der Waals surface area contributed by atoms with E-state index in [9.17, 15) is 4.79 Å². The molecule has 0 spiro atoms. The number of rotatable bonds is 4. The Morgan fingerprint density at radius 3 is 2.94 bits per heavy atom. The molecule has 1 aliphatic carbocycles. The molecule has 0 unspecified atom stereocenters. The standard InChI is InChI=1S/C12H16ClN3O/c1-2-12(3-4-12)7-16-11(17)9-5-8(14)6-15-10(9)13/h5-6H,2-4,7,14H2,1H3,(H,16,17). The summed E-state index contributed by atoms with van der Waals surface area (Å²) in [4.78, 5) is 15.8. The highest BCUT2D eigenvalue weighted by molar-refractivity contribution is 6.32. The minimum Gasteiger partial charge on any atom is -0.397 e. The summed E-state index contributed by atoms with van der Waals surface area (Å²) in [5.74, 6) is -0.200. The molecule has 0 bridgehead atoms. The van der Waals surface area contributed by atoms with Gasteiger partial charge < -0.3 is 11.1 Å². The number of nitrogen functional groups attached to an aromatic ring is 1. The summed E-state index contributed by atoms with van der Waals surface area (Å²) in [5, 5.41) is 3.09. The van der Waals surface area contributed by atoms with Crippen molar-refractivity contribution in [1.29, 1.82) is 0 Å². The first-order valence-electron chi connectivity index (χ1n) is 5.75. The van der Waals surface area contributed by atoms with Crippen molar-refractivity contribution in [2.24, 2.45) is 5.41 Å². The number of nitrogens with two attached hydrogens (primary N) is 1. The van der Waals surface area contributed by atoms with Crippen LogP contribution in [0.15, 0.2) is 12.3 Å². The lowest BCUT2D eigenvalue weighted by atomic mass is 10.0. The molecule has 0 atom stereocenters. The van der Waals surface area contributed by atoms with E-state index >= 15 is 0 Å². The topological polar surface area (TPSA) is 68.0 Å². The van der Waals surface area contributed by atoms with Gasteiger partial charge in [-0.25, -0.2) is 4.98 Å². The highest BCUT2D eigenvalue weighted by Crippen LogP contribution is 2.47. The maximum absolute atomic E-state index is 11.9. The Kier molecular flexibility index (Phi) is 3.24. The molecule has 0 saturated heterocycles. The molecule has 4 nitrogen and oxygen atoms in total. The summed E-state index contributed by atoms with van der Waals surface area (Å²) in [6, 6.07) is 1.55. The van der Waals surface area contributed by atoms with Crippen LogP contribution in [0.2, 0.25) is 5.15 Å². The molecule has 2 rings (SSSR count). The van der Waals surface area contributed by atoms with Crippen LogP contribution in [0.5, 0.6) is 0 Å². The van der Waals surface area contributed by atoms with Gasteiger partial charge in [-0.2, -0.15) is 0 Å². The van der Waals surface area contributed by atoms with E-state index in [1.54, 1.807) is 6.07 Å². The smallest absolute Gasteiger partial charge is 0.254 e. The largest absolute Gasteiger partial charge is 0.397 e. The van der Waals surface area contributed by atoms with Gasteiger partial charge in [0.25, 0.3) is 5.91 Å². The van der Waals surface area contributed by atoms with E-state index in [0.29, 0.717) is 23.2 Å². The molecule has 1 fully saturated rings. The highest BCUT2D eigenvalue weighted by Gasteiger charge is 2.40. The molecule has 1 aliphatic rings. The fraction of sp³-hybridized carbons (Fsp3) is 0.500. The van der Waals surface area contributed by atoms with Gasteiger partial charge >= 0.3 is 0 Å². The van der Waals surface area contributed by atoms with Gasteiger partial charge in [-0.15, -0.1) is 0 Å². The normalized spacial score (nSPS) is 16.6. The average molecular weight is 254 g/mol. The molecular weight excluding hydrogens is 238 g/mol. The minimum absolute atomic E-state index is 0.193. The molecule has 92 valence electrons. The molecule has 5 heteroatoms. The van der Waals surface area contributed by atoms with Crippen LogP contribution in [0, 0.1) is 5.41 Å². The number of amides is 1. The van der Waals surface area contributed by atoms with Crippen LogP contribution >= 0.6 is 11.6 Å². The second-order valence-electron chi connectivity index (χ2n) is 4.64. The van der Waals surface area contributed by atoms with Gasteiger partial charge in [0, 0.05) is 6.54 Å². The van der Waals surface area contributed by atoms with Gasteiger partial charge in [-0.3, -0.25) is 4.79 Å². The van der Waals surface area contributed by atoms with Crippen molar-refractivity contribution in [2.75, 3.05) is 12.3 Å². The Morgan fingerprint density at radius 1 is 1.65 bits per heavy atom. The van der Waals surface area contributed by atoms with Crippen LogP contribution in [0.1, 0.15) is 36.5 Å². The second-order valence-corrected chi connectivity index (χ2v) is 5.00. The average Bonchev–Trinajstić information content (AvgIpc) is 3.10. The molecule has 1 aromatic rings. The number of anilines is 1. The summed E-state index contributed by atoms with van der Waals surface area (Å²) in [7, 11) is 0. The first kappa shape index (κ1) is 12.2. The lowest BCUT2D eigenvalue weighted by molar-refractivity contribution is 0.0944. The van der Waals surface area contributed by atoms with Crippen molar-refractivity contribution in [3.63, 3.8) is 0 Å². The molecule has 1 aromatic heterocycles. The van der Waals surface area contributed by atoms with Crippen molar-refractivity contribution in [3.8, 4) is 0 Å². The second kappa shape index (κ2) is 4.53. The minimum atomic E-state index is -0.200. The third kappa shape index (κ3) is 2.69. The van der Waals surface area contributed by atoms with Gasteiger partial charge in [0.2, 0.25) is 0 Å². The van der Waals surface area contributed by atoms with Gasteiger partial charge in [0.15, 0.2) is 0 Å². The molecule has 0 aliphatic heterocycles. The monoisotopic (exact) mass is 253 g/mol. The Labute approximate surface area is 106 Å². The molecule has 1 heterocycles. The zero-order chi connectivity index (χ0) is 12.5. The summed E-state index contributed by atoms with van der Waals surface area (Å²) < 4.78 is 0. The maximum Gasteiger partial charge on any atom is 0.254 e. The summed E-state index contributed by atoms with van der Waals surface area (Å²) in [6.45, 7) is 2.85. The lowest BCUT2D eigenvalue weighted by Gasteiger charge is -2.13. The van der Waals surface area contributed by atoms with E-state index in [1.165, 1.54) is 19.0 Å². The highest BCUT2D eigenvalue weighted by atomic mass is 35.5. The fourth-order valence-electron chi connectivity index (χ4n) is 1.82. The van der Waals surface area contributed by atoms with Crippen LogP contribution in [0.25, 0.3) is 0 Å². The summed E-state index contributed by atoms with van der Waals surface area (Å²) >= 11 is 5.86. The Morgan fingerprint density at radius 2 is 2.35 bits per heavy atom. The number of pyridine rings is 1. The predicted octanol–water partition coefficient (Wildman–Crippen LogP) is 2.24. The number of aromatic nitrogens is 1. The van der Waals surface area contributed by atoms with Crippen molar-refractivity contribution in [2.45, 2.75) is 26.2 Å². The van der Waals surface area contributed by atoms with Crippen LogP contribution in [-0.2, 0) is 0 Å². The molecule has 1 saturated carbocycles. The molecule has 0 radical (unpaired) electrons. The molecule has 3 N–H and O–H groups in total. The van der Waals surface area contributed by atoms with E-state index < -0.39 is 0 Å². The number of nitrogens with zero attached hydrogens (tertiary/aromatic N) is 1. The molecule has 1 amide bonds. The van der Waals surface area contributed by atoms with Crippen molar-refractivity contribution >= 4 is 23.2 Å². The van der Waals surface area contributed by atoms with Gasteiger partial charge in [0.05, 0.1) is 17.4 Å². The maximum atomic E-state index is 11.9. The van der Waals surface area contributed by atoms with Crippen LogP contribution in [-0.4, -0.2) is 17.4 Å². The van der Waals surface area contributed by atoms with Gasteiger partial charge in [0.1, 0.15) is 5.15 Å². The van der Waals surface area contributed by atoms with E-state index in [1.807, 2.05) is 0 Å². The van der Waals surface area contributed by atoms with Crippen molar-refractivity contribution in [1.82, 2.24) is 10.3 Å². The quantitative estimate of drug-likeness (QED) is 0.809. The Bertz CT molecular complexity index is 443. The molecule has 17 heavy (non-hydrogen) atoms. The zero-order valence-corrected chi connectivity index (χ0v) is 10.5. The fourth-order valence-corrected chi connectivity index (χ4v) is 2.01. The van der Waals surface area contributed by atoms with Gasteiger partial charge in [-0.05, 0) is 30.7 Å². The number of hydrogen-bond acceptors (Lipinski definition) is 3. The third-order valence-corrected chi connectivity index (χ3v) is 3.74. The Hall–Kier alpha value is -1.29. The third-order valence-electron chi connectivity index (χ3n) is 3.44. The number of hydrogen-bond donors (Lipinski definition) is 2. The molecular formula is C12H16ClN3O. The Balaban J connectivity index is 2.02. The number of halogens is 1. The zero-order valence-electron chi connectivity index (χ0n) is 9.79. The van der Waals surface area contributed by atoms with Crippen molar-refractivity contribution < 1.29 is 4.79 Å². The number of carbonyl (C=O) groups is 1. The lowest BCUT2D eigenvalue weighted by Crippen LogP contribution is -2.30. The summed E-state index contributed by atoms with van der Waals surface area (Å²) in [5.41, 5.74) is 6.69. The van der Waals surface area contributed by atoms with E-state index in [4.69, 9.17) is 17.3 Å². The van der Waals surface area contributed by atoms with E-state index in [0.717, 1.165) is 6.42 Å². The van der Waals surface area contributed by atoms with E-state index in [-0.39, 0.29) is 11.1 Å². The number of carbonyl (C=O) groups excluding carboxylic acids is 1. The molecule has 0 aromatic carbocycles.